The third kappa shape index (κ3) is 4.65. The van der Waals surface area contributed by atoms with Crippen molar-refractivity contribution in [1.29, 1.82) is 0 Å². The summed E-state index contributed by atoms with van der Waals surface area (Å²) in [6.45, 7) is 0. The summed E-state index contributed by atoms with van der Waals surface area (Å²) < 4.78 is 0. The van der Waals surface area contributed by atoms with Crippen LogP contribution in [0.5, 0.6) is 0 Å². The van der Waals surface area contributed by atoms with Gasteiger partial charge in [-0.3, -0.25) is 9.59 Å². The molecule has 0 atom stereocenters. The molecule has 0 heterocycles. The number of para-hydroxylation sites is 1. The number of amides is 2. The maximum absolute atomic E-state index is 12.8. The molecule has 1 fully saturated rings. The number of nitrogens with one attached hydrogen (secondary N) is 2. The molecule has 1 saturated carbocycles. The maximum atomic E-state index is 12.8. The molecule has 0 saturated heterocycles. The van der Waals surface area contributed by atoms with Crippen LogP contribution in [0.2, 0.25) is 0 Å². The van der Waals surface area contributed by atoms with Crippen LogP contribution in [-0.4, -0.2) is 17.9 Å². The number of benzene rings is 3. The molecule has 0 radical (unpaired) electrons. The zero-order chi connectivity index (χ0) is 20.1. The predicted octanol–water partition coefficient (Wildman–Crippen LogP) is 5.08. The van der Waals surface area contributed by atoms with Gasteiger partial charge in [-0.25, -0.2) is 0 Å². The summed E-state index contributed by atoms with van der Waals surface area (Å²) in [5, 5.41) is 8.27. The van der Waals surface area contributed by atoms with Gasteiger partial charge in [-0.2, -0.15) is 0 Å². The van der Waals surface area contributed by atoms with Gasteiger partial charge in [0.1, 0.15) is 0 Å². The van der Waals surface area contributed by atoms with E-state index < -0.39 is 0 Å². The van der Waals surface area contributed by atoms with Gasteiger partial charge in [-0.1, -0.05) is 73.9 Å². The van der Waals surface area contributed by atoms with Crippen LogP contribution in [-0.2, 0) is 11.2 Å². The Kier molecular flexibility index (Phi) is 5.89. The van der Waals surface area contributed by atoms with E-state index in [2.05, 4.69) is 10.6 Å². The van der Waals surface area contributed by atoms with Crippen LogP contribution in [0, 0.1) is 0 Å². The van der Waals surface area contributed by atoms with E-state index in [0.717, 1.165) is 42.0 Å². The van der Waals surface area contributed by atoms with E-state index in [1.165, 1.54) is 6.42 Å². The van der Waals surface area contributed by atoms with E-state index in [1.807, 2.05) is 54.6 Å². The molecule has 2 N–H and O–H groups in total. The van der Waals surface area contributed by atoms with E-state index in [-0.39, 0.29) is 24.3 Å². The molecule has 4 nitrogen and oxygen atoms in total. The third-order valence-electron chi connectivity index (χ3n) is 5.62. The van der Waals surface area contributed by atoms with Crippen molar-refractivity contribution in [1.82, 2.24) is 5.32 Å². The molecule has 3 aromatic rings. The summed E-state index contributed by atoms with van der Waals surface area (Å²) in [6.07, 6.45) is 5.89. The fourth-order valence-corrected chi connectivity index (χ4v) is 4.11. The molecule has 0 aliphatic heterocycles. The molecule has 1 aliphatic rings. The number of rotatable bonds is 5. The largest absolute Gasteiger partial charge is 0.349 e. The quantitative estimate of drug-likeness (QED) is 0.642. The van der Waals surface area contributed by atoms with Gasteiger partial charge in [0.2, 0.25) is 5.91 Å². The summed E-state index contributed by atoms with van der Waals surface area (Å²) in [7, 11) is 0. The number of carbonyl (C=O) groups is 2. The van der Waals surface area contributed by atoms with Crippen molar-refractivity contribution in [3.63, 3.8) is 0 Å². The second-order valence-corrected chi connectivity index (χ2v) is 7.72. The normalized spacial score (nSPS) is 14.5. The van der Waals surface area contributed by atoms with E-state index in [1.54, 1.807) is 12.1 Å². The Morgan fingerprint density at radius 2 is 1.55 bits per heavy atom. The van der Waals surface area contributed by atoms with Crippen LogP contribution >= 0.6 is 0 Å². The van der Waals surface area contributed by atoms with E-state index in [9.17, 15) is 9.59 Å². The Hall–Kier alpha value is -3.14. The minimum Gasteiger partial charge on any atom is -0.349 e. The van der Waals surface area contributed by atoms with Crippen molar-refractivity contribution in [2.45, 2.75) is 44.6 Å². The maximum Gasteiger partial charge on any atom is 0.253 e. The smallest absolute Gasteiger partial charge is 0.253 e. The number of hydrogen-bond acceptors (Lipinski definition) is 2. The van der Waals surface area contributed by atoms with Crippen LogP contribution < -0.4 is 10.6 Å². The Labute approximate surface area is 171 Å². The Morgan fingerprint density at radius 3 is 2.41 bits per heavy atom. The number of carbonyl (C=O) groups excluding carboxylic acids is 2. The van der Waals surface area contributed by atoms with Crippen LogP contribution in [0.4, 0.5) is 5.69 Å². The van der Waals surface area contributed by atoms with Gasteiger partial charge < -0.3 is 10.6 Å². The average Bonchev–Trinajstić information content (AvgIpc) is 2.75. The molecular formula is C25H26N2O2. The van der Waals surface area contributed by atoms with Gasteiger partial charge in [0.25, 0.3) is 5.91 Å². The topological polar surface area (TPSA) is 58.2 Å². The molecule has 0 aromatic heterocycles. The SMILES string of the molecule is O=C(Cc1cccc2ccccc12)Nc1ccccc1C(=O)NC1CCCCC1. The van der Waals surface area contributed by atoms with Gasteiger partial charge in [0, 0.05) is 6.04 Å². The van der Waals surface area contributed by atoms with Crippen molar-refractivity contribution in [2.24, 2.45) is 0 Å². The van der Waals surface area contributed by atoms with Crippen molar-refractivity contribution < 1.29 is 9.59 Å². The highest BCUT2D eigenvalue weighted by molar-refractivity contribution is 6.04. The van der Waals surface area contributed by atoms with Crippen LogP contribution in [0.1, 0.15) is 48.0 Å². The minimum absolute atomic E-state index is 0.113. The first kappa shape index (κ1) is 19.2. The molecule has 0 unspecified atom stereocenters. The van der Waals surface area contributed by atoms with Crippen LogP contribution in [0.3, 0.4) is 0 Å². The second-order valence-electron chi connectivity index (χ2n) is 7.72. The van der Waals surface area contributed by atoms with Gasteiger partial charge in [0.15, 0.2) is 0 Å². The highest BCUT2D eigenvalue weighted by atomic mass is 16.2. The van der Waals surface area contributed by atoms with Crippen molar-refractivity contribution in [3.05, 3.63) is 77.9 Å². The zero-order valence-corrected chi connectivity index (χ0v) is 16.5. The van der Waals surface area contributed by atoms with Crippen LogP contribution in [0.25, 0.3) is 10.8 Å². The monoisotopic (exact) mass is 386 g/mol. The predicted molar refractivity (Wildman–Crippen MR) is 117 cm³/mol. The molecule has 2 amide bonds. The van der Waals surface area contributed by atoms with Gasteiger partial charge >= 0.3 is 0 Å². The summed E-state index contributed by atoms with van der Waals surface area (Å²) >= 11 is 0. The van der Waals surface area contributed by atoms with Gasteiger partial charge in [-0.15, -0.1) is 0 Å². The lowest BCUT2D eigenvalue weighted by molar-refractivity contribution is -0.115. The number of fused-ring (bicyclic) bond motifs is 1. The Balaban J connectivity index is 1.47. The van der Waals surface area contributed by atoms with Crippen molar-refractivity contribution in [2.75, 3.05) is 5.32 Å². The summed E-state index contributed by atoms with van der Waals surface area (Å²) in [4.78, 5) is 25.5. The summed E-state index contributed by atoms with van der Waals surface area (Å²) in [5.41, 5.74) is 2.06. The average molecular weight is 386 g/mol. The van der Waals surface area contributed by atoms with E-state index >= 15 is 0 Å². The lowest BCUT2D eigenvalue weighted by atomic mass is 9.95. The number of anilines is 1. The van der Waals surface area contributed by atoms with Crippen molar-refractivity contribution >= 4 is 28.3 Å². The lowest BCUT2D eigenvalue weighted by Gasteiger charge is -2.23. The first-order valence-electron chi connectivity index (χ1n) is 10.4. The van der Waals surface area contributed by atoms with Gasteiger partial charge in [0.05, 0.1) is 17.7 Å². The molecule has 148 valence electrons. The number of hydrogen-bond donors (Lipinski definition) is 2. The molecule has 0 bridgehead atoms. The van der Waals surface area contributed by atoms with E-state index in [4.69, 9.17) is 0 Å². The Bertz CT molecular complexity index is 1020. The molecule has 0 spiro atoms. The first-order chi connectivity index (χ1) is 14.2. The van der Waals surface area contributed by atoms with E-state index in [0.29, 0.717) is 11.3 Å². The highest BCUT2D eigenvalue weighted by Gasteiger charge is 2.19. The molecular weight excluding hydrogens is 360 g/mol. The summed E-state index contributed by atoms with van der Waals surface area (Å²) in [6, 6.07) is 21.5. The summed E-state index contributed by atoms with van der Waals surface area (Å²) in [5.74, 6) is -0.239. The minimum atomic E-state index is -0.126. The lowest BCUT2D eigenvalue weighted by Crippen LogP contribution is -2.36. The molecule has 1 aliphatic carbocycles. The van der Waals surface area contributed by atoms with Gasteiger partial charge in [-0.05, 0) is 41.3 Å². The fourth-order valence-electron chi connectivity index (χ4n) is 4.11. The second kappa shape index (κ2) is 8.91. The Morgan fingerprint density at radius 1 is 0.828 bits per heavy atom. The van der Waals surface area contributed by atoms with Crippen LogP contribution in [0.15, 0.2) is 66.7 Å². The molecule has 29 heavy (non-hydrogen) atoms. The fraction of sp³-hybridized carbons (Fsp3) is 0.280. The first-order valence-corrected chi connectivity index (χ1v) is 10.4. The third-order valence-corrected chi connectivity index (χ3v) is 5.62. The van der Waals surface area contributed by atoms with Crippen molar-refractivity contribution in [3.8, 4) is 0 Å². The standard InChI is InChI=1S/C25H26N2O2/c28-24(17-19-11-8-10-18-9-4-5-14-21(18)19)27-23-16-7-6-15-22(23)25(29)26-20-12-2-1-3-13-20/h4-11,14-16,20H,1-3,12-13,17H2,(H,26,29)(H,27,28). The molecule has 4 heteroatoms. The molecule has 4 rings (SSSR count). The molecule has 3 aromatic carbocycles. The zero-order valence-electron chi connectivity index (χ0n) is 16.5. The highest BCUT2D eigenvalue weighted by Crippen LogP contribution is 2.22.